The van der Waals surface area contributed by atoms with Gasteiger partial charge in [-0.15, -0.1) is 0 Å². The molecule has 5 heteroatoms. The van der Waals surface area contributed by atoms with E-state index in [0.717, 1.165) is 32.5 Å². The zero-order valence-electron chi connectivity index (χ0n) is 13.3. The number of carbonyl (C=O) groups is 2. The minimum atomic E-state index is -0.404. The fourth-order valence-corrected chi connectivity index (χ4v) is 2.16. The highest BCUT2D eigenvalue weighted by atomic mass is 16.2. The van der Waals surface area contributed by atoms with E-state index in [4.69, 9.17) is 0 Å². The Balaban J connectivity index is 2.19. The number of hydrogen-bond donors (Lipinski definition) is 3. The Labute approximate surface area is 122 Å². The fraction of sp³-hybridized carbons (Fsp3) is 0.867. The molecule has 5 nitrogen and oxygen atoms in total. The third-order valence-corrected chi connectivity index (χ3v) is 3.84. The summed E-state index contributed by atoms with van der Waals surface area (Å²) in [4.78, 5) is 23.4. The van der Waals surface area contributed by atoms with Gasteiger partial charge in [0.25, 0.3) is 0 Å². The first-order chi connectivity index (χ1) is 9.23. The fourth-order valence-electron chi connectivity index (χ4n) is 2.16. The van der Waals surface area contributed by atoms with Crippen molar-refractivity contribution in [2.24, 2.45) is 10.8 Å². The van der Waals surface area contributed by atoms with Crippen LogP contribution in [0.4, 0.5) is 0 Å². The summed E-state index contributed by atoms with van der Waals surface area (Å²) in [6.07, 6.45) is 2.53. The van der Waals surface area contributed by atoms with Gasteiger partial charge >= 0.3 is 0 Å². The predicted molar refractivity (Wildman–Crippen MR) is 80.3 cm³/mol. The van der Waals surface area contributed by atoms with Gasteiger partial charge in [0.2, 0.25) is 11.8 Å². The molecule has 3 N–H and O–H groups in total. The zero-order valence-corrected chi connectivity index (χ0v) is 13.3. The first-order valence-corrected chi connectivity index (χ1v) is 7.49. The molecule has 0 radical (unpaired) electrons. The van der Waals surface area contributed by atoms with Gasteiger partial charge in [-0.3, -0.25) is 9.59 Å². The summed E-state index contributed by atoms with van der Waals surface area (Å²) < 4.78 is 0. The van der Waals surface area contributed by atoms with Crippen molar-refractivity contribution in [1.82, 2.24) is 16.0 Å². The zero-order chi connectivity index (χ0) is 15.2. The molecular weight excluding hydrogens is 254 g/mol. The van der Waals surface area contributed by atoms with E-state index in [2.05, 4.69) is 22.9 Å². The van der Waals surface area contributed by atoms with Gasteiger partial charge in [0.05, 0.1) is 0 Å². The first-order valence-electron chi connectivity index (χ1n) is 7.49. The van der Waals surface area contributed by atoms with E-state index < -0.39 is 5.41 Å². The van der Waals surface area contributed by atoms with Gasteiger partial charge < -0.3 is 16.0 Å². The summed E-state index contributed by atoms with van der Waals surface area (Å²) in [5.74, 6) is -0.00502. The van der Waals surface area contributed by atoms with E-state index in [-0.39, 0.29) is 17.2 Å². The molecule has 1 heterocycles. The van der Waals surface area contributed by atoms with E-state index >= 15 is 0 Å². The maximum Gasteiger partial charge on any atom is 0.225 e. The lowest BCUT2D eigenvalue weighted by Crippen LogP contribution is -2.43. The number of carbonyl (C=O) groups excluding carboxylic acids is 2. The van der Waals surface area contributed by atoms with Gasteiger partial charge in [0, 0.05) is 24.9 Å². The van der Waals surface area contributed by atoms with Gasteiger partial charge in [-0.1, -0.05) is 27.7 Å². The lowest BCUT2D eigenvalue weighted by atomic mass is 9.81. The summed E-state index contributed by atoms with van der Waals surface area (Å²) in [7, 11) is 0. The van der Waals surface area contributed by atoms with Crippen LogP contribution in [0.15, 0.2) is 0 Å². The average molecular weight is 283 g/mol. The van der Waals surface area contributed by atoms with E-state index in [0.29, 0.717) is 13.0 Å². The lowest BCUT2D eigenvalue weighted by molar-refractivity contribution is -0.128. The Morgan fingerprint density at radius 1 is 1.15 bits per heavy atom. The molecule has 0 bridgehead atoms. The van der Waals surface area contributed by atoms with Crippen molar-refractivity contribution in [3.63, 3.8) is 0 Å². The molecule has 20 heavy (non-hydrogen) atoms. The lowest BCUT2D eigenvalue weighted by Gasteiger charge is -2.34. The van der Waals surface area contributed by atoms with Crippen molar-refractivity contribution >= 4 is 11.8 Å². The van der Waals surface area contributed by atoms with Crippen LogP contribution in [0.2, 0.25) is 0 Å². The van der Waals surface area contributed by atoms with Crippen LogP contribution in [0.3, 0.4) is 0 Å². The molecule has 1 fully saturated rings. The molecule has 0 unspecified atom stereocenters. The molecular formula is C15H29N3O2. The van der Waals surface area contributed by atoms with Crippen molar-refractivity contribution in [2.45, 2.75) is 47.0 Å². The second kappa shape index (κ2) is 7.07. The minimum absolute atomic E-state index is 0.0129. The van der Waals surface area contributed by atoms with E-state index in [1.54, 1.807) is 0 Å². The molecule has 1 rings (SSSR count). The van der Waals surface area contributed by atoms with Crippen LogP contribution in [0.5, 0.6) is 0 Å². The van der Waals surface area contributed by atoms with Crippen LogP contribution >= 0.6 is 0 Å². The highest BCUT2D eigenvalue weighted by molar-refractivity contribution is 5.82. The summed E-state index contributed by atoms with van der Waals surface area (Å²) >= 11 is 0. The number of piperidine rings is 1. The molecule has 0 atom stereocenters. The molecule has 0 aromatic carbocycles. The largest absolute Gasteiger partial charge is 0.355 e. The summed E-state index contributed by atoms with van der Waals surface area (Å²) in [5.41, 5.74) is -0.200. The third-order valence-electron chi connectivity index (χ3n) is 3.84. The molecule has 1 aliphatic rings. The summed E-state index contributed by atoms with van der Waals surface area (Å²) in [5, 5.41) is 9.11. The molecule has 2 amide bonds. The normalized spacial score (nSPS) is 18.4. The van der Waals surface area contributed by atoms with E-state index in [1.807, 2.05) is 20.8 Å². The van der Waals surface area contributed by atoms with Crippen molar-refractivity contribution in [3.8, 4) is 0 Å². The molecule has 0 aromatic heterocycles. The molecule has 0 aliphatic carbocycles. The van der Waals surface area contributed by atoms with Crippen molar-refractivity contribution in [2.75, 3.05) is 26.2 Å². The first kappa shape index (κ1) is 17.0. The maximum absolute atomic E-state index is 11.8. The van der Waals surface area contributed by atoms with Gasteiger partial charge in [-0.25, -0.2) is 0 Å². The highest BCUT2D eigenvalue weighted by Crippen LogP contribution is 2.26. The van der Waals surface area contributed by atoms with Crippen LogP contribution in [-0.4, -0.2) is 38.0 Å². The van der Waals surface area contributed by atoms with Crippen LogP contribution in [0.25, 0.3) is 0 Å². The summed E-state index contributed by atoms with van der Waals surface area (Å²) in [6.45, 7) is 11.0. The topological polar surface area (TPSA) is 70.2 Å². The average Bonchev–Trinajstić information content (AvgIpc) is 2.36. The molecule has 0 spiro atoms. The summed E-state index contributed by atoms with van der Waals surface area (Å²) in [6, 6.07) is 0. The Hall–Kier alpha value is -1.10. The second-order valence-electron chi connectivity index (χ2n) is 7.09. The standard InChI is InChI=1S/C15H29N3O2/c1-14(2,3)13(20)17-8-5-12(19)18-11-15(4)6-9-16-10-7-15/h16H,5-11H2,1-4H3,(H,17,20)(H,18,19). The van der Waals surface area contributed by atoms with Crippen molar-refractivity contribution < 1.29 is 9.59 Å². The predicted octanol–water partition coefficient (Wildman–Crippen LogP) is 1.04. The Morgan fingerprint density at radius 3 is 2.30 bits per heavy atom. The third kappa shape index (κ3) is 5.90. The molecule has 0 aromatic rings. The molecule has 0 saturated carbocycles. The van der Waals surface area contributed by atoms with Gasteiger partial charge in [0.1, 0.15) is 0 Å². The maximum atomic E-state index is 11.8. The van der Waals surface area contributed by atoms with Gasteiger partial charge in [0.15, 0.2) is 0 Å². The molecule has 1 aliphatic heterocycles. The number of rotatable bonds is 5. The van der Waals surface area contributed by atoms with E-state index in [9.17, 15) is 9.59 Å². The second-order valence-corrected chi connectivity index (χ2v) is 7.09. The van der Waals surface area contributed by atoms with Crippen molar-refractivity contribution in [3.05, 3.63) is 0 Å². The van der Waals surface area contributed by atoms with Crippen molar-refractivity contribution in [1.29, 1.82) is 0 Å². The highest BCUT2D eigenvalue weighted by Gasteiger charge is 2.27. The number of hydrogen-bond acceptors (Lipinski definition) is 3. The van der Waals surface area contributed by atoms with Gasteiger partial charge in [-0.05, 0) is 31.3 Å². The quantitative estimate of drug-likeness (QED) is 0.706. The molecule has 116 valence electrons. The van der Waals surface area contributed by atoms with Gasteiger partial charge in [-0.2, -0.15) is 0 Å². The number of amides is 2. The monoisotopic (exact) mass is 283 g/mol. The van der Waals surface area contributed by atoms with Crippen LogP contribution in [-0.2, 0) is 9.59 Å². The SMILES string of the molecule is CC1(CNC(=O)CCNC(=O)C(C)(C)C)CCNCC1. The Bertz CT molecular complexity index is 342. The minimum Gasteiger partial charge on any atom is -0.355 e. The molecule has 1 saturated heterocycles. The number of nitrogens with one attached hydrogen (secondary N) is 3. The van der Waals surface area contributed by atoms with Crippen LogP contribution < -0.4 is 16.0 Å². The smallest absolute Gasteiger partial charge is 0.225 e. The van der Waals surface area contributed by atoms with Crippen LogP contribution in [0, 0.1) is 10.8 Å². The van der Waals surface area contributed by atoms with Crippen LogP contribution in [0.1, 0.15) is 47.0 Å². The Kier molecular flexibility index (Phi) is 5.99. The Morgan fingerprint density at radius 2 is 1.75 bits per heavy atom. The van der Waals surface area contributed by atoms with E-state index in [1.165, 1.54) is 0 Å².